The number of carbonyl (C=O) groups excluding carboxylic acids is 2. The third-order valence-electron chi connectivity index (χ3n) is 3.12. The summed E-state index contributed by atoms with van der Waals surface area (Å²) in [5, 5.41) is 15.0. The molecule has 3 rings (SSSR count). The van der Waals surface area contributed by atoms with Crippen LogP contribution in [0.3, 0.4) is 0 Å². The second-order valence-corrected chi connectivity index (χ2v) is 8.56. The number of thiocarbonyl (C=S) groups is 1. The molecule has 1 saturated heterocycles. The van der Waals surface area contributed by atoms with Gasteiger partial charge in [-0.05, 0) is 17.5 Å². The number of nitrogens with one attached hydrogen (secondary N) is 1. The zero-order valence-electron chi connectivity index (χ0n) is 13.0. The van der Waals surface area contributed by atoms with E-state index < -0.39 is 11.9 Å². The fourth-order valence-corrected chi connectivity index (χ4v) is 4.75. The summed E-state index contributed by atoms with van der Waals surface area (Å²) < 4.78 is 0.318. The zero-order chi connectivity index (χ0) is 18.7. The number of carboxylic acid groups (broad SMARTS) is 1. The number of hydrogen-bond donors (Lipinski definition) is 2. The molecule has 1 aliphatic rings. The Bertz CT molecular complexity index is 904. The molecule has 0 radical (unpaired) electrons. The summed E-state index contributed by atoms with van der Waals surface area (Å²) in [6.45, 7) is -0.222. The molecule has 0 atom stereocenters. The van der Waals surface area contributed by atoms with Gasteiger partial charge in [-0.25, -0.2) is 4.98 Å². The van der Waals surface area contributed by atoms with Crippen molar-refractivity contribution in [2.45, 2.75) is 6.42 Å². The van der Waals surface area contributed by atoms with E-state index in [9.17, 15) is 14.4 Å². The second kappa shape index (κ2) is 8.08. The maximum absolute atomic E-state index is 12.5. The van der Waals surface area contributed by atoms with Gasteiger partial charge in [-0.3, -0.25) is 19.3 Å². The minimum absolute atomic E-state index is 0.214. The number of carboxylic acids is 1. The minimum atomic E-state index is -0.997. The van der Waals surface area contributed by atoms with Crippen molar-refractivity contribution in [1.82, 2.24) is 9.88 Å². The lowest BCUT2D eigenvalue weighted by atomic mass is 10.3. The Morgan fingerprint density at radius 2 is 2.19 bits per heavy atom. The van der Waals surface area contributed by atoms with Gasteiger partial charge < -0.3 is 10.4 Å². The highest BCUT2D eigenvalue weighted by Gasteiger charge is 2.33. The number of amides is 2. The molecule has 0 bridgehead atoms. The monoisotopic (exact) mass is 425 g/mol. The number of thiophene rings is 1. The molecule has 3 heterocycles. The number of carbonyl (C=O) groups is 3. The summed E-state index contributed by atoms with van der Waals surface area (Å²) in [6, 6.07) is 3.78. The highest BCUT2D eigenvalue weighted by molar-refractivity contribution is 8.26. The van der Waals surface area contributed by atoms with Crippen LogP contribution in [0.25, 0.3) is 6.08 Å². The molecule has 7 nitrogen and oxygen atoms in total. The molecule has 0 aromatic carbocycles. The van der Waals surface area contributed by atoms with E-state index >= 15 is 0 Å². The maximum atomic E-state index is 12.5. The van der Waals surface area contributed by atoms with Crippen molar-refractivity contribution in [3.8, 4) is 0 Å². The lowest BCUT2D eigenvalue weighted by molar-refractivity contribution is -0.136. The van der Waals surface area contributed by atoms with Crippen LogP contribution >= 0.6 is 46.7 Å². The Labute approximate surface area is 165 Å². The van der Waals surface area contributed by atoms with Crippen molar-refractivity contribution in [3.05, 3.63) is 38.4 Å². The van der Waals surface area contributed by atoms with Crippen LogP contribution in [-0.4, -0.2) is 43.6 Å². The van der Waals surface area contributed by atoms with E-state index in [1.807, 2.05) is 17.5 Å². The lowest BCUT2D eigenvalue weighted by Crippen LogP contribution is -2.36. The first kappa shape index (κ1) is 18.7. The molecule has 11 heteroatoms. The molecule has 1 fully saturated rings. The van der Waals surface area contributed by atoms with E-state index in [1.54, 1.807) is 11.5 Å². The van der Waals surface area contributed by atoms with Crippen molar-refractivity contribution in [2.24, 2.45) is 0 Å². The average Bonchev–Trinajstić information content (AvgIpc) is 3.27. The fraction of sp³-hybridized carbons (Fsp3) is 0.133. The number of thiazole rings is 1. The molecular weight excluding hydrogens is 414 g/mol. The number of rotatable bonds is 6. The van der Waals surface area contributed by atoms with Crippen LogP contribution < -0.4 is 5.32 Å². The first-order valence-corrected chi connectivity index (χ1v) is 10.2. The smallest absolute Gasteiger partial charge is 0.309 e. The molecule has 0 aliphatic carbocycles. The van der Waals surface area contributed by atoms with Gasteiger partial charge >= 0.3 is 5.97 Å². The van der Waals surface area contributed by atoms with Crippen molar-refractivity contribution in [1.29, 1.82) is 0 Å². The highest BCUT2D eigenvalue weighted by Crippen LogP contribution is 2.33. The largest absolute Gasteiger partial charge is 0.481 e. The molecule has 2 aromatic heterocycles. The zero-order valence-corrected chi connectivity index (χ0v) is 16.3. The molecule has 2 aromatic rings. The standard InChI is InChI=1S/C15H11N3O4S4/c19-11(17-14-16-8(7-25-14)4-12(20)21)6-18-13(22)10(26-15(18)23)5-9-2-1-3-24-9/h1-3,5,7H,4,6H2,(H,20,21)(H,16,17,19)/b10-5-. The number of thioether (sulfide) groups is 1. The quantitative estimate of drug-likeness (QED) is 0.542. The van der Waals surface area contributed by atoms with E-state index in [0.717, 1.165) is 28.0 Å². The normalized spacial score (nSPS) is 15.7. The summed E-state index contributed by atoms with van der Waals surface area (Å²) in [6.07, 6.45) is 1.54. The first-order valence-electron chi connectivity index (χ1n) is 7.17. The van der Waals surface area contributed by atoms with Crippen molar-refractivity contribution >= 4 is 80.0 Å². The average molecular weight is 426 g/mol. The van der Waals surface area contributed by atoms with Crippen LogP contribution in [0.2, 0.25) is 0 Å². The summed E-state index contributed by atoms with van der Waals surface area (Å²) >= 11 is 8.98. The van der Waals surface area contributed by atoms with E-state index in [4.69, 9.17) is 17.3 Å². The molecule has 2 amide bonds. The van der Waals surface area contributed by atoms with Gasteiger partial charge in [0.15, 0.2) is 5.13 Å². The number of aromatic nitrogens is 1. The first-order chi connectivity index (χ1) is 12.4. The predicted octanol–water partition coefficient (Wildman–Crippen LogP) is 2.67. The third-order valence-corrected chi connectivity index (χ3v) is 6.13. The SMILES string of the molecule is O=C(O)Cc1csc(NC(=O)CN2C(=O)/C(=C/c3cccs3)SC2=S)n1. The van der Waals surface area contributed by atoms with Gasteiger partial charge in [0.2, 0.25) is 5.91 Å². The van der Waals surface area contributed by atoms with E-state index in [0.29, 0.717) is 14.9 Å². The second-order valence-electron chi connectivity index (χ2n) is 5.05. The molecule has 1 aliphatic heterocycles. The summed E-state index contributed by atoms with van der Waals surface area (Å²) in [5.74, 6) is -1.76. The topological polar surface area (TPSA) is 99.6 Å². The fourth-order valence-electron chi connectivity index (χ4n) is 2.04. The molecule has 0 saturated carbocycles. The molecule has 2 N–H and O–H groups in total. The molecule has 26 heavy (non-hydrogen) atoms. The van der Waals surface area contributed by atoms with Crippen LogP contribution in [-0.2, 0) is 20.8 Å². The van der Waals surface area contributed by atoms with E-state index in [1.165, 1.54) is 16.2 Å². The van der Waals surface area contributed by atoms with E-state index in [-0.39, 0.29) is 24.0 Å². The Kier molecular flexibility index (Phi) is 5.81. The van der Waals surface area contributed by atoms with Gasteiger partial charge in [-0.2, -0.15) is 0 Å². The van der Waals surface area contributed by atoms with Crippen LogP contribution in [0, 0.1) is 0 Å². The lowest BCUT2D eigenvalue weighted by Gasteiger charge is -2.13. The van der Waals surface area contributed by atoms with Gasteiger partial charge in [0, 0.05) is 10.3 Å². The van der Waals surface area contributed by atoms with Gasteiger partial charge in [0.05, 0.1) is 17.0 Å². The molecule has 0 unspecified atom stereocenters. The maximum Gasteiger partial charge on any atom is 0.309 e. The van der Waals surface area contributed by atoms with Crippen molar-refractivity contribution in [2.75, 3.05) is 11.9 Å². The summed E-state index contributed by atoms with van der Waals surface area (Å²) in [5.41, 5.74) is 0.363. The summed E-state index contributed by atoms with van der Waals surface area (Å²) in [7, 11) is 0. The number of anilines is 1. The van der Waals surface area contributed by atoms with Crippen molar-refractivity contribution in [3.63, 3.8) is 0 Å². The van der Waals surface area contributed by atoms with Crippen molar-refractivity contribution < 1.29 is 19.5 Å². The number of hydrogen-bond acceptors (Lipinski definition) is 8. The Hall–Kier alpha value is -2.08. The Morgan fingerprint density at radius 1 is 1.38 bits per heavy atom. The Morgan fingerprint density at radius 3 is 2.88 bits per heavy atom. The van der Waals surface area contributed by atoms with Crippen LogP contribution in [0.4, 0.5) is 5.13 Å². The van der Waals surface area contributed by atoms with Gasteiger partial charge in [-0.1, -0.05) is 30.0 Å². The number of aliphatic carboxylic acids is 1. The van der Waals surface area contributed by atoms with Gasteiger partial charge in [0.1, 0.15) is 10.9 Å². The van der Waals surface area contributed by atoms with Gasteiger partial charge in [-0.15, -0.1) is 22.7 Å². The number of nitrogens with zero attached hydrogens (tertiary/aromatic N) is 2. The molecule has 0 spiro atoms. The Balaban J connectivity index is 1.62. The van der Waals surface area contributed by atoms with Gasteiger partial charge in [0.25, 0.3) is 5.91 Å². The van der Waals surface area contributed by atoms with Crippen LogP contribution in [0.5, 0.6) is 0 Å². The predicted molar refractivity (Wildman–Crippen MR) is 106 cm³/mol. The summed E-state index contributed by atoms with van der Waals surface area (Å²) in [4.78, 5) is 42.0. The van der Waals surface area contributed by atoms with E-state index in [2.05, 4.69) is 10.3 Å². The molecule has 134 valence electrons. The highest BCUT2D eigenvalue weighted by atomic mass is 32.2. The third kappa shape index (κ3) is 4.55. The minimum Gasteiger partial charge on any atom is -0.481 e. The molecular formula is C15H11N3O4S4. The van der Waals surface area contributed by atoms with Crippen LogP contribution in [0.1, 0.15) is 10.6 Å². The van der Waals surface area contributed by atoms with Crippen LogP contribution in [0.15, 0.2) is 27.8 Å².